The van der Waals surface area contributed by atoms with Crippen LogP contribution in [0.3, 0.4) is 0 Å². The highest BCUT2D eigenvalue weighted by atomic mass is 19.1. The summed E-state index contributed by atoms with van der Waals surface area (Å²) in [5, 5.41) is 7.95. The number of carbonyl (C=O) groups excluding carboxylic acids is 1. The van der Waals surface area contributed by atoms with Crippen LogP contribution in [-0.4, -0.2) is 20.7 Å². The van der Waals surface area contributed by atoms with E-state index in [4.69, 9.17) is 0 Å². The van der Waals surface area contributed by atoms with Gasteiger partial charge in [0.05, 0.1) is 24.3 Å². The molecule has 1 fully saturated rings. The number of halogens is 1. The van der Waals surface area contributed by atoms with E-state index in [-0.39, 0.29) is 23.2 Å². The Morgan fingerprint density at radius 1 is 1.13 bits per heavy atom. The van der Waals surface area contributed by atoms with E-state index in [1.165, 1.54) is 17.7 Å². The first kappa shape index (κ1) is 26.5. The second-order valence-electron chi connectivity index (χ2n) is 10.9. The SMILES string of the molecule is C=C1CC[C@H](CC(NC(=O)Cc2cccnc2)c2ccccc2)[C@@]1(C)Cc1cnn(-c2ccc(F)cc2)c1C. The summed E-state index contributed by atoms with van der Waals surface area (Å²) < 4.78 is 15.3. The van der Waals surface area contributed by atoms with E-state index in [0.29, 0.717) is 12.3 Å². The molecule has 6 heteroatoms. The van der Waals surface area contributed by atoms with E-state index in [2.05, 4.69) is 48.0 Å². The van der Waals surface area contributed by atoms with Crippen molar-refractivity contribution in [3.05, 3.63) is 126 Å². The highest BCUT2D eigenvalue weighted by Crippen LogP contribution is 2.52. The van der Waals surface area contributed by atoms with Gasteiger partial charge in [-0.05, 0) is 91.0 Å². The summed E-state index contributed by atoms with van der Waals surface area (Å²) in [7, 11) is 0. The van der Waals surface area contributed by atoms with Gasteiger partial charge in [-0.2, -0.15) is 5.10 Å². The second kappa shape index (κ2) is 11.4. The topological polar surface area (TPSA) is 59.8 Å². The molecule has 1 saturated carbocycles. The number of hydrogen-bond acceptors (Lipinski definition) is 3. The Kier molecular flexibility index (Phi) is 7.73. The summed E-state index contributed by atoms with van der Waals surface area (Å²) in [5.74, 6) is 0.0659. The Bertz CT molecular complexity index is 1430. The Hall–Kier alpha value is -4.06. The molecule has 0 radical (unpaired) electrons. The lowest BCUT2D eigenvalue weighted by Crippen LogP contribution is -2.34. The monoisotopic (exact) mass is 522 g/mol. The minimum Gasteiger partial charge on any atom is -0.349 e. The van der Waals surface area contributed by atoms with Gasteiger partial charge in [0.25, 0.3) is 0 Å². The van der Waals surface area contributed by atoms with Crippen LogP contribution in [0.1, 0.15) is 54.6 Å². The maximum Gasteiger partial charge on any atom is 0.224 e. The van der Waals surface area contributed by atoms with Gasteiger partial charge in [0, 0.05) is 18.1 Å². The summed E-state index contributed by atoms with van der Waals surface area (Å²) in [4.78, 5) is 17.2. The fourth-order valence-electron chi connectivity index (χ4n) is 5.93. The number of pyridine rings is 1. The summed E-state index contributed by atoms with van der Waals surface area (Å²) >= 11 is 0. The molecule has 3 atom stereocenters. The van der Waals surface area contributed by atoms with Crippen molar-refractivity contribution in [2.24, 2.45) is 11.3 Å². The van der Waals surface area contributed by atoms with Gasteiger partial charge >= 0.3 is 0 Å². The van der Waals surface area contributed by atoms with Gasteiger partial charge in [0.2, 0.25) is 5.91 Å². The quantitative estimate of drug-likeness (QED) is 0.248. The molecule has 1 N–H and O–H groups in total. The molecule has 1 amide bonds. The van der Waals surface area contributed by atoms with Crippen molar-refractivity contribution in [3.63, 3.8) is 0 Å². The molecule has 39 heavy (non-hydrogen) atoms. The Balaban J connectivity index is 1.37. The van der Waals surface area contributed by atoms with Gasteiger partial charge < -0.3 is 5.32 Å². The predicted octanol–water partition coefficient (Wildman–Crippen LogP) is 6.72. The predicted molar refractivity (Wildman–Crippen MR) is 152 cm³/mol. The van der Waals surface area contributed by atoms with Crippen LogP contribution in [0.15, 0.2) is 97.5 Å². The van der Waals surface area contributed by atoms with Crippen molar-refractivity contribution in [3.8, 4) is 5.69 Å². The zero-order valence-electron chi connectivity index (χ0n) is 22.6. The first-order valence-corrected chi connectivity index (χ1v) is 13.5. The normalized spacial score (nSPS) is 19.7. The molecule has 2 aromatic carbocycles. The molecule has 0 aliphatic heterocycles. The zero-order chi connectivity index (χ0) is 27.4. The van der Waals surface area contributed by atoms with Crippen LogP contribution < -0.4 is 5.32 Å². The summed E-state index contributed by atoms with van der Waals surface area (Å²) in [6.07, 6.45) is 9.32. The number of nitrogens with one attached hydrogen (secondary N) is 1. The average Bonchev–Trinajstić information content (AvgIpc) is 3.43. The molecule has 1 aliphatic carbocycles. The molecule has 4 aromatic rings. The molecule has 200 valence electrons. The van der Waals surface area contributed by atoms with E-state index in [9.17, 15) is 9.18 Å². The molecule has 0 bridgehead atoms. The Morgan fingerprint density at radius 3 is 2.62 bits per heavy atom. The summed E-state index contributed by atoms with van der Waals surface area (Å²) in [6.45, 7) is 8.86. The van der Waals surface area contributed by atoms with Crippen molar-refractivity contribution >= 4 is 5.91 Å². The van der Waals surface area contributed by atoms with E-state index in [1.807, 2.05) is 41.2 Å². The van der Waals surface area contributed by atoms with Gasteiger partial charge in [-0.15, -0.1) is 0 Å². The molecule has 0 saturated heterocycles. The number of carbonyl (C=O) groups is 1. The van der Waals surface area contributed by atoms with Gasteiger partial charge in [0.15, 0.2) is 0 Å². The molecular weight excluding hydrogens is 487 g/mol. The van der Waals surface area contributed by atoms with Crippen molar-refractivity contribution < 1.29 is 9.18 Å². The second-order valence-corrected chi connectivity index (χ2v) is 10.9. The van der Waals surface area contributed by atoms with Crippen LogP contribution in [0.25, 0.3) is 5.69 Å². The fraction of sp³-hybridized carbons (Fsp3) is 0.303. The highest BCUT2D eigenvalue weighted by Gasteiger charge is 2.43. The first-order valence-electron chi connectivity index (χ1n) is 13.5. The lowest BCUT2D eigenvalue weighted by atomic mass is 9.70. The van der Waals surface area contributed by atoms with Crippen LogP contribution in [0.4, 0.5) is 4.39 Å². The van der Waals surface area contributed by atoms with Crippen LogP contribution in [0, 0.1) is 24.1 Å². The number of aromatic nitrogens is 3. The molecule has 2 aromatic heterocycles. The fourth-order valence-corrected chi connectivity index (χ4v) is 5.93. The largest absolute Gasteiger partial charge is 0.349 e. The maximum atomic E-state index is 13.5. The molecule has 2 heterocycles. The summed E-state index contributed by atoms with van der Waals surface area (Å²) in [5.41, 5.74) is 6.16. The minimum atomic E-state index is -0.262. The number of nitrogens with zero attached hydrogens (tertiary/aromatic N) is 3. The molecular formula is C33H35FN4O. The van der Waals surface area contributed by atoms with Gasteiger partial charge in [0.1, 0.15) is 5.82 Å². The van der Waals surface area contributed by atoms with Crippen LogP contribution in [0.2, 0.25) is 0 Å². The van der Waals surface area contributed by atoms with E-state index >= 15 is 0 Å². The third-order valence-electron chi connectivity index (χ3n) is 8.39. The number of benzene rings is 2. The Labute approximate surface area is 229 Å². The van der Waals surface area contributed by atoms with Crippen molar-refractivity contribution in [1.82, 2.24) is 20.1 Å². The average molecular weight is 523 g/mol. The van der Waals surface area contributed by atoms with Gasteiger partial charge in [-0.25, -0.2) is 9.07 Å². The van der Waals surface area contributed by atoms with E-state index < -0.39 is 0 Å². The minimum absolute atomic E-state index is 0.00759. The summed E-state index contributed by atoms with van der Waals surface area (Å²) in [6, 6.07) is 20.3. The van der Waals surface area contributed by atoms with E-state index in [1.54, 1.807) is 24.5 Å². The number of rotatable bonds is 9. The molecule has 5 rings (SSSR count). The van der Waals surface area contributed by atoms with Crippen LogP contribution in [0.5, 0.6) is 0 Å². The third kappa shape index (κ3) is 5.85. The zero-order valence-corrected chi connectivity index (χ0v) is 22.6. The first-order chi connectivity index (χ1) is 18.8. The molecule has 0 spiro atoms. The lowest BCUT2D eigenvalue weighted by Gasteiger charge is -2.35. The molecule has 1 aliphatic rings. The van der Waals surface area contributed by atoms with Crippen LogP contribution >= 0.6 is 0 Å². The van der Waals surface area contributed by atoms with Gasteiger partial charge in [-0.1, -0.05) is 55.5 Å². The van der Waals surface area contributed by atoms with Crippen LogP contribution in [-0.2, 0) is 17.6 Å². The smallest absolute Gasteiger partial charge is 0.224 e. The van der Waals surface area contributed by atoms with E-state index in [0.717, 1.165) is 53.8 Å². The number of hydrogen-bond donors (Lipinski definition) is 1. The number of amides is 1. The molecule has 1 unspecified atom stereocenters. The van der Waals surface area contributed by atoms with Crippen molar-refractivity contribution in [2.45, 2.75) is 52.0 Å². The van der Waals surface area contributed by atoms with Gasteiger partial charge in [-0.3, -0.25) is 9.78 Å². The van der Waals surface area contributed by atoms with Crippen molar-refractivity contribution in [1.29, 1.82) is 0 Å². The lowest BCUT2D eigenvalue weighted by molar-refractivity contribution is -0.121. The third-order valence-corrected chi connectivity index (χ3v) is 8.39. The Morgan fingerprint density at radius 2 is 1.90 bits per heavy atom. The highest BCUT2D eigenvalue weighted by molar-refractivity contribution is 5.79. The number of allylic oxidation sites excluding steroid dienone is 1. The van der Waals surface area contributed by atoms with Crippen molar-refractivity contribution in [2.75, 3.05) is 0 Å². The molecule has 5 nitrogen and oxygen atoms in total. The standard InChI is InChI=1S/C33H35FN4O/c1-23-11-12-28(33(23,3)20-27-22-36-38(24(27)2)30-15-13-29(34)14-16-30)19-31(26-9-5-4-6-10-26)37-32(39)18-25-8-7-17-35-21-25/h4-10,13-17,21-22,28,31H,1,11-12,18-20H2,2-3H3,(H,37,39)/t28-,31?,33+/m1/s1. The maximum absolute atomic E-state index is 13.5.